The Morgan fingerprint density at radius 2 is 2.11 bits per heavy atom. The lowest BCUT2D eigenvalue weighted by molar-refractivity contribution is 0.619. The Morgan fingerprint density at radius 3 is 2.78 bits per heavy atom. The molecule has 0 radical (unpaired) electrons. The number of rotatable bonds is 2. The fourth-order valence-electron chi connectivity index (χ4n) is 1.64. The predicted octanol–water partition coefficient (Wildman–Crippen LogP) is 2.69. The van der Waals surface area contributed by atoms with Gasteiger partial charge in [-0.2, -0.15) is 0 Å². The van der Waals surface area contributed by atoms with E-state index in [9.17, 15) is 9.18 Å². The van der Waals surface area contributed by atoms with Gasteiger partial charge < -0.3 is 10.3 Å². The molecular weight excluding hydrogens is 299 g/mol. The van der Waals surface area contributed by atoms with E-state index in [1.807, 2.05) is 0 Å². The first kappa shape index (κ1) is 12.8. The Bertz CT molecular complexity index is 652. The first-order chi connectivity index (χ1) is 8.47. The summed E-state index contributed by atoms with van der Waals surface area (Å²) in [4.78, 5) is 11.8. The molecule has 0 unspecified atom stereocenters. The standard InChI is InChI=1S/C13H12BrFN2O/c1-8-4-13(18)17(7-12(8)16)6-9-2-3-11(15)10(14)5-9/h2-5,7H,6,16H2,1H3. The second-order valence-electron chi connectivity index (χ2n) is 4.13. The Balaban J connectivity index is 2.37. The van der Waals surface area contributed by atoms with Crippen LogP contribution in [0.3, 0.4) is 0 Å². The van der Waals surface area contributed by atoms with Gasteiger partial charge in [0.1, 0.15) is 5.82 Å². The third-order valence-corrected chi connectivity index (χ3v) is 3.32. The highest BCUT2D eigenvalue weighted by molar-refractivity contribution is 9.10. The molecule has 0 fully saturated rings. The molecule has 0 saturated carbocycles. The van der Waals surface area contributed by atoms with Crippen molar-refractivity contribution >= 4 is 21.6 Å². The van der Waals surface area contributed by atoms with Crippen LogP contribution in [0.25, 0.3) is 0 Å². The highest BCUT2D eigenvalue weighted by Crippen LogP contribution is 2.17. The molecule has 2 aromatic rings. The number of benzene rings is 1. The van der Waals surface area contributed by atoms with Crippen LogP contribution in [0.4, 0.5) is 10.1 Å². The summed E-state index contributed by atoms with van der Waals surface area (Å²) in [5.41, 5.74) is 7.80. The maximum absolute atomic E-state index is 13.1. The molecule has 0 aliphatic rings. The van der Waals surface area contributed by atoms with E-state index in [0.717, 1.165) is 11.1 Å². The van der Waals surface area contributed by atoms with Gasteiger partial charge in [0.15, 0.2) is 0 Å². The van der Waals surface area contributed by atoms with Gasteiger partial charge in [-0.05, 0) is 46.1 Å². The van der Waals surface area contributed by atoms with Crippen molar-refractivity contribution in [2.75, 3.05) is 5.73 Å². The van der Waals surface area contributed by atoms with Gasteiger partial charge in [0.2, 0.25) is 0 Å². The SMILES string of the molecule is Cc1cc(=O)n(Cc2ccc(F)c(Br)c2)cc1N. The summed E-state index contributed by atoms with van der Waals surface area (Å²) in [6, 6.07) is 6.15. The van der Waals surface area contributed by atoms with E-state index in [4.69, 9.17) is 5.73 Å². The fourth-order valence-corrected chi connectivity index (χ4v) is 2.07. The lowest BCUT2D eigenvalue weighted by Crippen LogP contribution is -2.20. The number of nitrogens with two attached hydrogens (primary N) is 1. The minimum absolute atomic E-state index is 0.123. The van der Waals surface area contributed by atoms with E-state index in [0.29, 0.717) is 16.7 Å². The van der Waals surface area contributed by atoms with E-state index >= 15 is 0 Å². The minimum atomic E-state index is -0.325. The molecule has 1 aromatic carbocycles. The van der Waals surface area contributed by atoms with Crippen molar-refractivity contribution in [2.24, 2.45) is 0 Å². The second-order valence-corrected chi connectivity index (χ2v) is 4.98. The average molecular weight is 311 g/mol. The second kappa shape index (κ2) is 4.94. The Kier molecular flexibility index (Phi) is 3.52. The third-order valence-electron chi connectivity index (χ3n) is 2.71. The molecule has 0 spiro atoms. The van der Waals surface area contributed by atoms with Crippen molar-refractivity contribution in [3.05, 3.63) is 62.2 Å². The summed E-state index contributed by atoms with van der Waals surface area (Å²) < 4.78 is 15.0. The zero-order chi connectivity index (χ0) is 13.3. The van der Waals surface area contributed by atoms with Crippen molar-refractivity contribution in [2.45, 2.75) is 13.5 Å². The highest BCUT2D eigenvalue weighted by atomic mass is 79.9. The van der Waals surface area contributed by atoms with Crippen LogP contribution in [0.15, 0.2) is 39.7 Å². The van der Waals surface area contributed by atoms with E-state index < -0.39 is 0 Å². The molecule has 5 heteroatoms. The largest absolute Gasteiger partial charge is 0.397 e. The quantitative estimate of drug-likeness (QED) is 0.927. The van der Waals surface area contributed by atoms with Gasteiger partial charge in [-0.1, -0.05) is 6.07 Å². The zero-order valence-corrected chi connectivity index (χ0v) is 11.4. The molecule has 1 aromatic heterocycles. The number of anilines is 1. The number of hydrogen-bond acceptors (Lipinski definition) is 2. The molecule has 2 rings (SSSR count). The Hall–Kier alpha value is -1.62. The molecule has 94 valence electrons. The topological polar surface area (TPSA) is 48.0 Å². The van der Waals surface area contributed by atoms with Gasteiger partial charge in [0.05, 0.1) is 16.7 Å². The van der Waals surface area contributed by atoms with Crippen LogP contribution in [-0.2, 0) is 6.54 Å². The minimum Gasteiger partial charge on any atom is -0.397 e. The van der Waals surface area contributed by atoms with Crippen molar-refractivity contribution in [3.63, 3.8) is 0 Å². The molecule has 3 nitrogen and oxygen atoms in total. The van der Waals surface area contributed by atoms with E-state index in [-0.39, 0.29) is 11.4 Å². The maximum atomic E-state index is 13.1. The van der Waals surface area contributed by atoms with Crippen LogP contribution >= 0.6 is 15.9 Å². The molecule has 0 atom stereocenters. The molecule has 0 amide bonds. The summed E-state index contributed by atoms with van der Waals surface area (Å²) in [5, 5.41) is 0. The summed E-state index contributed by atoms with van der Waals surface area (Å²) >= 11 is 3.12. The van der Waals surface area contributed by atoms with Crippen LogP contribution in [0, 0.1) is 12.7 Å². The predicted molar refractivity (Wildman–Crippen MR) is 73.1 cm³/mol. The van der Waals surface area contributed by atoms with Crippen LogP contribution in [0.1, 0.15) is 11.1 Å². The molecule has 0 bridgehead atoms. The smallest absolute Gasteiger partial charge is 0.251 e. The van der Waals surface area contributed by atoms with Gasteiger partial charge in [0, 0.05) is 12.3 Å². The molecule has 0 saturated heterocycles. The number of aromatic nitrogens is 1. The summed E-state index contributed by atoms with van der Waals surface area (Å²) in [7, 11) is 0. The zero-order valence-electron chi connectivity index (χ0n) is 9.78. The van der Waals surface area contributed by atoms with Crippen molar-refractivity contribution in [3.8, 4) is 0 Å². The van der Waals surface area contributed by atoms with Crippen molar-refractivity contribution in [1.29, 1.82) is 0 Å². The molecule has 18 heavy (non-hydrogen) atoms. The Labute approximate surface area is 112 Å². The number of pyridine rings is 1. The first-order valence-electron chi connectivity index (χ1n) is 5.38. The number of nitrogen functional groups attached to an aromatic ring is 1. The molecule has 1 heterocycles. The highest BCUT2D eigenvalue weighted by Gasteiger charge is 2.04. The fraction of sp³-hybridized carbons (Fsp3) is 0.154. The van der Waals surface area contributed by atoms with Gasteiger partial charge in [-0.25, -0.2) is 4.39 Å². The van der Waals surface area contributed by atoms with E-state index in [1.165, 1.54) is 16.7 Å². The summed E-state index contributed by atoms with van der Waals surface area (Å²) in [6.07, 6.45) is 1.61. The number of nitrogens with zero attached hydrogens (tertiary/aromatic N) is 1. The molecule has 0 aliphatic carbocycles. The summed E-state index contributed by atoms with van der Waals surface area (Å²) in [5.74, 6) is -0.325. The Morgan fingerprint density at radius 1 is 1.39 bits per heavy atom. The van der Waals surface area contributed by atoms with E-state index in [2.05, 4.69) is 15.9 Å². The maximum Gasteiger partial charge on any atom is 0.251 e. The van der Waals surface area contributed by atoms with Crippen molar-refractivity contribution in [1.82, 2.24) is 4.57 Å². The van der Waals surface area contributed by atoms with Gasteiger partial charge >= 0.3 is 0 Å². The van der Waals surface area contributed by atoms with Crippen LogP contribution in [0.5, 0.6) is 0 Å². The molecular formula is C13H12BrFN2O. The first-order valence-corrected chi connectivity index (χ1v) is 6.17. The lowest BCUT2D eigenvalue weighted by Gasteiger charge is -2.09. The lowest BCUT2D eigenvalue weighted by atomic mass is 10.2. The summed E-state index contributed by atoms with van der Waals surface area (Å²) in [6.45, 7) is 2.15. The number of halogens is 2. The van der Waals surface area contributed by atoms with Gasteiger partial charge in [0.25, 0.3) is 5.56 Å². The molecule has 2 N–H and O–H groups in total. The third kappa shape index (κ3) is 2.61. The van der Waals surface area contributed by atoms with Crippen molar-refractivity contribution < 1.29 is 4.39 Å². The normalized spacial score (nSPS) is 10.6. The molecule has 0 aliphatic heterocycles. The van der Waals surface area contributed by atoms with Crippen LogP contribution < -0.4 is 11.3 Å². The van der Waals surface area contributed by atoms with Crippen LogP contribution in [0.2, 0.25) is 0 Å². The number of hydrogen-bond donors (Lipinski definition) is 1. The van der Waals surface area contributed by atoms with Gasteiger partial charge in [-0.3, -0.25) is 4.79 Å². The number of aryl methyl sites for hydroxylation is 1. The van der Waals surface area contributed by atoms with Crippen LogP contribution in [-0.4, -0.2) is 4.57 Å². The van der Waals surface area contributed by atoms with E-state index in [1.54, 1.807) is 25.3 Å². The monoisotopic (exact) mass is 310 g/mol. The average Bonchev–Trinajstić information content (AvgIpc) is 2.31. The van der Waals surface area contributed by atoms with Gasteiger partial charge in [-0.15, -0.1) is 0 Å².